The molecule has 0 radical (unpaired) electrons. The Labute approximate surface area is 156 Å². The maximum atomic E-state index is 12.9. The first-order chi connectivity index (χ1) is 12.3. The van der Waals surface area contributed by atoms with Gasteiger partial charge >= 0.3 is 0 Å². The second-order valence-electron chi connectivity index (χ2n) is 7.92. The zero-order chi connectivity index (χ0) is 18.9. The molecule has 2 unspecified atom stereocenters. The Morgan fingerprint density at radius 2 is 1.58 bits per heavy atom. The van der Waals surface area contributed by atoms with Crippen LogP contribution in [0.25, 0.3) is 0 Å². The van der Waals surface area contributed by atoms with Crippen molar-refractivity contribution < 1.29 is 13.2 Å². The van der Waals surface area contributed by atoms with Crippen LogP contribution in [0.2, 0.25) is 0 Å². The average molecular weight is 380 g/mol. The Balaban J connectivity index is 1.73. The molecule has 2 aliphatic rings. The third-order valence-corrected chi connectivity index (χ3v) is 7.25. The Morgan fingerprint density at radius 3 is 2.12 bits per heavy atom. The van der Waals surface area contributed by atoms with Crippen molar-refractivity contribution in [2.45, 2.75) is 44.0 Å². The van der Waals surface area contributed by atoms with Gasteiger partial charge in [0.15, 0.2) is 0 Å². The highest BCUT2D eigenvalue weighted by Gasteiger charge is 2.32. The van der Waals surface area contributed by atoms with Crippen molar-refractivity contribution in [2.75, 3.05) is 26.2 Å². The number of carbonyl (C=O) groups is 1. The number of rotatable bonds is 3. The molecule has 2 saturated heterocycles. The van der Waals surface area contributed by atoms with Gasteiger partial charge in [-0.15, -0.1) is 0 Å². The van der Waals surface area contributed by atoms with Crippen LogP contribution in [0.3, 0.4) is 0 Å². The van der Waals surface area contributed by atoms with E-state index in [1.165, 1.54) is 0 Å². The van der Waals surface area contributed by atoms with Crippen molar-refractivity contribution in [3.8, 4) is 0 Å². The van der Waals surface area contributed by atoms with Gasteiger partial charge < -0.3 is 10.6 Å². The number of piperidine rings is 2. The summed E-state index contributed by atoms with van der Waals surface area (Å²) in [7, 11) is -3.51. The predicted octanol–water partition coefficient (Wildman–Crippen LogP) is 1.92. The minimum atomic E-state index is -3.51. The van der Waals surface area contributed by atoms with Crippen molar-refractivity contribution in [3.63, 3.8) is 0 Å². The highest BCUT2D eigenvalue weighted by atomic mass is 32.2. The Hall–Kier alpha value is -1.44. The van der Waals surface area contributed by atoms with Gasteiger partial charge in [-0.05, 0) is 55.4 Å². The van der Waals surface area contributed by atoms with Crippen molar-refractivity contribution in [2.24, 2.45) is 17.6 Å². The molecular weight excluding hydrogens is 350 g/mol. The molecule has 1 amide bonds. The molecule has 0 aromatic heterocycles. The number of carbonyl (C=O) groups excluding carboxylic acids is 1. The molecule has 3 rings (SSSR count). The molecule has 0 spiro atoms. The summed E-state index contributed by atoms with van der Waals surface area (Å²) in [5.41, 5.74) is 6.41. The highest BCUT2D eigenvalue weighted by molar-refractivity contribution is 7.89. The second-order valence-corrected chi connectivity index (χ2v) is 9.86. The number of sulfonamides is 1. The van der Waals surface area contributed by atoms with Crippen LogP contribution in [-0.4, -0.2) is 55.8 Å². The van der Waals surface area contributed by atoms with E-state index in [1.54, 1.807) is 33.5 Å². The van der Waals surface area contributed by atoms with E-state index in [9.17, 15) is 13.2 Å². The number of hydrogen-bond donors (Lipinski definition) is 1. The Morgan fingerprint density at radius 1 is 1.04 bits per heavy atom. The summed E-state index contributed by atoms with van der Waals surface area (Å²) in [6, 6.07) is 6.53. The molecule has 2 fully saturated rings. The van der Waals surface area contributed by atoms with Crippen LogP contribution in [0.1, 0.15) is 43.5 Å². The number of nitrogens with two attached hydrogens (primary N) is 1. The van der Waals surface area contributed by atoms with Crippen molar-refractivity contribution in [1.29, 1.82) is 0 Å². The first kappa shape index (κ1) is 19.3. The van der Waals surface area contributed by atoms with Gasteiger partial charge in [0.2, 0.25) is 10.0 Å². The molecule has 1 aromatic carbocycles. The molecule has 2 atom stereocenters. The lowest BCUT2D eigenvalue weighted by Crippen LogP contribution is -2.43. The molecule has 2 aliphatic heterocycles. The van der Waals surface area contributed by atoms with Gasteiger partial charge in [-0.25, -0.2) is 8.42 Å². The van der Waals surface area contributed by atoms with E-state index in [0.29, 0.717) is 43.6 Å². The van der Waals surface area contributed by atoms with E-state index < -0.39 is 10.0 Å². The minimum absolute atomic E-state index is 0.0546. The standard InChI is InChI=1S/C19H29N3O3S/c1-14-11-15(2)13-22(12-14)26(24,25)18-5-3-16(4-6-18)19(23)21-9-7-17(20)8-10-21/h3-6,14-15,17H,7-13,20H2,1-2H3. The van der Waals surface area contributed by atoms with E-state index in [0.717, 1.165) is 19.3 Å². The van der Waals surface area contributed by atoms with Crippen molar-refractivity contribution in [1.82, 2.24) is 9.21 Å². The van der Waals surface area contributed by atoms with Crippen LogP contribution in [0.15, 0.2) is 29.2 Å². The Kier molecular flexibility index (Phi) is 5.69. The third kappa shape index (κ3) is 4.10. The van der Waals surface area contributed by atoms with Crippen molar-refractivity contribution >= 4 is 15.9 Å². The largest absolute Gasteiger partial charge is 0.339 e. The smallest absolute Gasteiger partial charge is 0.253 e. The summed E-state index contributed by atoms with van der Waals surface area (Å²) in [5.74, 6) is 0.667. The molecule has 7 heteroatoms. The van der Waals surface area contributed by atoms with Crippen LogP contribution >= 0.6 is 0 Å². The third-order valence-electron chi connectivity index (χ3n) is 5.40. The fourth-order valence-electron chi connectivity index (χ4n) is 4.01. The maximum Gasteiger partial charge on any atom is 0.253 e. The summed E-state index contributed by atoms with van der Waals surface area (Å²) >= 11 is 0. The van der Waals surface area contributed by atoms with Crippen LogP contribution in [-0.2, 0) is 10.0 Å². The first-order valence-corrected chi connectivity index (χ1v) is 10.9. The van der Waals surface area contributed by atoms with Crippen LogP contribution in [0.4, 0.5) is 0 Å². The molecule has 1 aromatic rings. The molecule has 0 saturated carbocycles. The second kappa shape index (κ2) is 7.66. The number of benzene rings is 1. The van der Waals surface area contributed by atoms with Gasteiger partial charge in [-0.1, -0.05) is 13.8 Å². The molecule has 2 heterocycles. The monoisotopic (exact) mass is 379 g/mol. The zero-order valence-corrected chi connectivity index (χ0v) is 16.4. The molecule has 2 N–H and O–H groups in total. The summed E-state index contributed by atoms with van der Waals surface area (Å²) in [5, 5.41) is 0. The van der Waals surface area contributed by atoms with Gasteiger partial charge in [0.25, 0.3) is 5.91 Å². The summed E-state index contributed by atoms with van der Waals surface area (Å²) in [6.07, 6.45) is 2.67. The molecule has 6 nitrogen and oxygen atoms in total. The quantitative estimate of drug-likeness (QED) is 0.870. The van der Waals surface area contributed by atoms with E-state index in [2.05, 4.69) is 13.8 Å². The summed E-state index contributed by atoms with van der Waals surface area (Å²) in [6.45, 7) is 6.60. The zero-order valence-electron chi connectivity index (χ0n) is 15.6. The lowest BCUT2D eigenvalue weighted by molar-refractivity contribution is 0.0714. The predicted molar refractivity (Wildman–Crippen MR) is 101 cm³/mol. The average Bonchev–Trinajstić information content (AvgIpc) is 2.61. The fraction of sp³-hybridized carbons (Fsp3) is 0.632. The van der Waals surface area contributed by atoms with E-state index in [-0.39, 0.29) is 16.8 Å². The van der Waals surface area contributed by atoms with Gasteiger partial charge in [0.1, 0.15) is 0 Å². The molecule has 144 valence electrons. The topological polar surface area (TPSA) is 83.7 Å². The minimum Gasteiger partial charge on any atom is -0.339 e. The number of amides is 1. The lowest BCUT2D eigenvalue weighted by atomic mass is 9.94. The van der Waals surface area contributed by atoms with Gasteiger partial charge in [0, 0.05) is 37.8 Å². The number of nitrogens with zero attached hydrogens (tertiary/aromatic N) is 2. The van der Waals surface area contributed by atoms with Crippen molar-refractivity contribution in [3.05, 3.63) is 29.8 Å². The number of hydrogen-bond acceptors (Lipinski definition) is 4. The summed E-state index contributed by atoms with van der Waals surface area (Å²) in [4.78, 5) is 14.6. The van der Waals surface area contributed by atoms with Gasteiger partial charge in [-0.3, -0.25) is 4.79 Å². The highest BCUT2D eigenvalue weighted by Crippen LogP contribution is 2.27. The number of likely N-dealkylation sites (tertiary alicyclic amines) is 1. The summed E-state index contributed by atoms with van der Waals surface area (Å²) < 4.78 is 27.4. The normalized spacial score (nSPS) is 26.0. The van der Waals surface area contributed by atoms with Gasteiger partial charge in [-0.2, -0.15) is 4.31 Å². The van der Waals surface area contributed by atoms with Crippen LogP contribution < -0.4 is 5.73 Å². The van der Waals surface area contributed by atoms with Gasteiger partial charge in [0.05, 0.1) is 4.90 Å². The van der Waals surface area contributed by atoms with E-state index in [1.807, 2.05) is 0 Å². The molecule has 0 aliphatic carbocycles. The first-order valence-electron chi connectivity index (χ1n) is 9.42. The molecule has 0 bridgehead atoms. The molecule has 26 heavy (non-hydrogen) atoms. The molecular formula is C19H29N3O3S. The maximum absolute atomic E-state index is 12.9. The van der Waals surface area contributed by atoms with Crippen LogP contribution in [0, 0.1) is 11.8 Å². The van der Waals surface area contributed by atoms with E-state index in [4.69, 9.17) is 5.73 Å². The fourth-order valence-corrected chi connectivity index (χ4v) is 5.69. The SMILES string of the molecule is CC1CC(C)CN(S(=O)(=O)c2ccc(C(=O)N3CCC(N)CC3)cc2)C1. The Bertz CT molecular complexity index is 730. The van der Waals surface area contributed by atoms with E-state index >= 15 is 0 Å². The van der Waals surface area contributed by atoms with Crippen LogP contribution in [0.5, 0.6) is 0 Å². The lowest BCUT2D eigenvalue weighted by Gasteiger charge is -2.34.